The second-order valence-electron chi connectivity index (χ2n) is 4.76. The minimum Gasteiger partial charge on any atom is -0.480 e. The maximum absolute atomic E-state index is 11.7. The summed E-state index contributed by atoms with van der Waals surface area (Å²) in [6.45, 7) is 7.99. The number of nitrogens with one attached hydrogen (secondary N) is 2. The summed E-state index contributed by atoms with van der Waals surface area (Å²) < 4.78 is 0. The van der Waals surface area contributed by atoms with Crippen molar-refractivity contribution in [3.63, 3.8) is 0 Å². The van der Waals surface area contributed by atoms with E-state index in [1.54, 1.807) is 4.90 Å². The van der Waals surface area contributed by atoms with Crippen LogP contribution in [0.3, 0.4) is 0 Å². The Kier molecular flexibility index (Phi) is 7.64. The molecular weight excluding hydrogens is 262 g/mol. The fraction of sp³-hybridized carbons (Fsp3) is 0.769. The Balaban J connectivity index is 4.41. The van der Waals surface area contributed by atoms with Crippen LogP contribution < -0.4 is 10.6 Å². The Hall–Kier alpha value is -1.79. The average molecular weight is 287 g/mol. The number of carbonyl (C=O) groups is 3. The number of amides is 3. The number of carbonyl (C=O) groups excluding carboxylic acids is 2. The smallest absolute Gasteiger partial charge is 0.329 e. The highest BCUT2D eigenvalue weighted by molar-refractivity contribution is 5.88. The van der Waals surface area contributed by atoms with Crippen LogP contribution >= 0.6 is 0 Å². The van der Waals surface area contributed by atoms with Gasteiger partial charge in [-0.05, 0) is 27.2 Å². The first-order valence-corrected chi connectivity index (χ1v) is 6.87. The molecule has 0 heterocycles. The minimum absolute atomic E-state index is 0.144. The lowest BCUT2D eigenvalue weighted by atomic mass is 9.97. The second-order valence-corrected chi connectivity index (χ2v) is 4.76. The van der Waals surface area contributed by atoms with E-state index < -0.39 is 17.5 Å². The van der Waals surface area contributed by atoms with Gasteiger partial charge < -0.3 is 20.6 Å². The monoisotopic (exact) mass is 287 g/mol. The molecule has 0 saturated heterocycles. The maximum atomic E-state index is 11.7. The van der Waals surface area contributed by atoms with Gasteiger partial charge in [-0.2, -0.15) is 0 Å². The number of rotatable bonds is 8. The number of hydrogen-bond donors (Lipinski definition) is 3. The molecule has 0 radical (unpaired) electrons. The topological polar surface area (TPSA) is 98.7 Å². The zero-order valence-electron chi connectivity index (χ0n) is 12.7. The van der Waals surface area contributed by atoms with Crippen LogP contribution in [0.4, 0.5) is 4.79 Å². The molecule has 0 aliphatic carbocycles. The third-order valence-electron chi connectivity index (χ3n) is 3.13. The quantitative estimate of drug-likeness (QED) is 0.615. The lowest BCUT2D eigenvalue weighted by molar-refractivity contribution is -0.144. The third-order valence-corrected chi connectivity index (χ3v) is 3.13. The summed E-state index contributed by atoms with van der Waals surface area (Å²) in [7, 11) is 0. The van der Waals surface area contributed by atoms with Gasteiger partial charge in [0.1, 0.15) is 5.54 Å². The molecule has 7 nitrogen and oxygen atoms in total. The van der Waals surface area contributed by atoms with Gasteiger partial charge in [-0.1, -0.05) is 13.3 Å². The molecule has 7 heteroatoms. The Morgan fingerprint density at radius 3 is 2.10 bits per heavy atom. The molecule has 0 fully saturated rings. The summed E-state index contributed by atoms with van der Waals surface area (Å²) in [5.74, 6) is -1.29. The number of likely N-dealkylation sites (N-methyl/N-ethyl adjacent to an activating group) is 1. The first-order chi connectivity index (χ1) is 9.30. The molecule has 0 saturated carbocycles. The largest absolute Gasteiger partial charge is 0.480 e. The van der Waals surface area contributed by atoms with Crippen molar-refractivity contribution in [2.45, 2.75) is 46.1 Å². The third kappa shape index (κ3) is 5.46. The number of nitrogens with zero attached hydrogens (tertiary/aromatic N) is 1. The van der Waals surface area contributed by atoms with Crippen molar-refractivity contribution in [1.29, 1.82) is 0 Å². The van der Waals surface area contributed by atoms with Crippen molar-refractivity contribution in [3.8, 4) is 0 Å². The lowest BCUT2D eigenvalue weighted by Crippen LogP contribution is -2.56. The molecule has 3 N–H and O–H groups in total. The van der Waals surface area contributed by atoms with E-state index in [2.05, 4.69) is 10.6 Å². The normalized spacial score (nSPS) is 13.2. The standard InChI is InChI=1S/C13H25N3O4/c1-5-8-13(4,11(18)19)15-12(20)14-9-10(17)16(6-2)7-3/h5-9H2,1-4H3,(H,18,19)(H2,14,15,20). The van der Waals surface area contributed by atoms with Gasteiger partial charge in [0.15, 0.2) is 0 Å². The molecule has 0 aromatic carbocycles. The molecule has 0 aromatic heterocycles. The summed E-state index contributed by atoms with van der Waals surface area (Å²) >= 11 is 0. The van der Waals surface area contributed by atoms with E-state index in [1.165, 1.54) is 6.92 Å². The molecule has 0 spiro atoms. The van der Waals surface area contributed by atoms with Crippen molar-refractivity contribution in [1.82, 2.24) is 15.5 Å². The van der Waals surface area contributed by atoms with Gasteiger partial charge >= 0.3 is 12.0 Å². The molecule has 116 valence electrons. The van der Waals surface area contributed by atoms with Gasteiger partial charge in [-0.15, -0.1) is 0 Å². The van der Waals surface area contributed by atoms with Gasteiger partial charge in [-0.25, -0.2) is 9.59 Å². The van der Waals surface area contributed by atoms with E-state index in [-0.39, 0.29) is 12.5 Å². The van der Waals surface area contributed by atoms with Crippen molar-refractivity contribution < 1.29 is 19.5 Å². The number of hydrogen-bond acceptors (Lipinski definition) is 3. The fourth-order valence-corrected chi connectivity index (χ4v) is 1.86. The number of carboxylic acids is 1. The van der Waals surface area contributed by atoms with E-state index in [9.17, 15) is 14.4 Å². The van der Waals surface area contributed by atoms with E-state index in [4.69, 9.17) is 5.11 Å². The fourth-order valence-electron chi connectivity index (χ4n) is 1.86. The maximum Gasteiger partial charge on any atom is 0.329 e. The molecule has 3 amide bonds. The first-order valence-electron chi connectivity index (χ1n) is 6.87. The highest BCUT2D eigenvalue weighted by Gasteiger charge is 2.33. The van der Waals surface area contributed by atoms with Crippen molar-refractivity contribution in [2.24, 2.45) is 0 Å². The van der Waals surface area contributed by atoms with Gasteiger partial charge in [0.25, 0.3) is 0 Å². The molecule has 0 rings (SSSR count). The van der Waals surface area contributed by atoms with Crippen LogP contribution in [0, 0.1) is 0 Å². The van der Waals surface area contributed by atoms with Gasteiger partial charge in [0, 0.05) is 13.1 Å². The van der Waals surface area contributed by atoms with E-state index >= 15 is 0 Å². The zero-order chi connectivity index (χ0) is 15.8. The molecule has 20 heavy (non-hydrogen) atoms. The van der Waals surface area contributed by atoms with Crippen LogP contribution in [0.5, 0.6) is 0 Å². The predicted octanol–water partition coefficient (Wildman–Crippen LogP) is 0.797. The van der Waals surface area contributed by atoms with Gasteiger partial charge in [-0.3, -0.25) is 4.79 Å². The molecule has 1 atom stereocenters. The van der Waals surface area contributed by atoms with Crippen molar-refractivity contribution >= 4 is 17.9 Å². The minimum atomic E-state index is -1.32. The first kappa shape index (κ1) is 18.2. The van der Waals surface area contributed by atoms with Crippen molar-refractivity contribution in [3.05, 3.63) is 0 Å². The summed E-state index contributed by atoms with van der Waals surface area (Å²) in [4.78, 5) is 36.1. The molecule has 0 bridgehead atoms. The van der Waals surface area contributed by atoms with Crippen LogP contribution in [0.1, 0.15) is 40.5 Å². The number of carboxylic acid groups (broad SMARTS) is 1. The van der Waals surface area contributed by atoms with E-state index in [1.807, 2.05) is 20.8 Å². The Bertz CT molecular complexity index is 356. The number of urea groups is 1. The Labute approximate surface area is 119 Å². The molecule has 0 aromatic rings. The average Bonchev–Trinajstić information content (AvgIpc) is 2.37. The molecule has 0 aliphatic heterocycles. The highest BCUT2D eigenvalue weighted by atomic mass is 16.4. The summed E-state index contributed by atoms with van der Waals surface area (Å²) in [5.41, 5.74) is -1.32. The molecule has 1 unspecified atom stereocenters. The predicted molar refractivity (Wildman–Crippen MR) is 75.4 cm³/mol. The molecular formula is C13H25N3O4. The summed E-state index contributed by atoms with van der Waals surface area (Å²) in [6.07, 6.45) is 0.946. The summed E-state index contributed by atoms with van der Waals surface area (Å²) in [5, 5.41) is 13.9. The van der Waals surface area contributed by atoms with E-state index in [0.717, 1.165) is 0 Å². The molecule has 0 aliphatic rings. The number of aliphatic carboxylic acids is 1. The van der Waals surface area contributed by atoms with Crippen LogP contribution in [0.25, 0.3) is 0 Å². The summed E-state index contributed by atoms with van der Waals surface area (Å²) in [6, 6.07) is -0.649. The lowest BCUT2D eigenvalue weighted by Gasteiger charge is -2.26. The van der Waals surface area contributed by atoms with Crippen molar-refractivity contribution in [2.75, 3.05) is 19.6 Å². The van der Waals surface area contributed by atoms with Crippen LogP contribution in [-0.2, 0) is 9.59 Å². The SMILES string of the molecule is CCCC(C)(NC(=O)NCC(=O)N(CC)CC)C(=O)O. The Morgan fingerprint density at radius 2 is 1.70 bits per heavy atom. The van der Waals surface area contributed by atoms with Gasteiger partial charge in [0.05, 0.1) is 6.54 Å². The Morgan fingerprint density at radius 1 is 1.15 bits per heavy atom. The van der Waals surface area contributed by atoms with Crippen LogP contribution in [0.15, 0.2) is 0 Å². The second kappa shape index (κ2) is 8.39. The highest BCUT2D eigenvalue weighted by Crippen LogP contribution is 2.12. The van der Waals surface area contributed by atoms with Crippen LogP contribution in [-0.4, -0.2) is 53.1 Å². The zero-order valence-corrected chi connectivity index (χ0v) is 12.7. The van der Waals surface area contributed by atoms with Gasteiger partial charge in [0.2, 0.25) is 5.91 Å². The van der Waals surface area contributed by atoms with E-state index in [0.29, 0.717) is 25.9 Å². The van der Waals surface area contributed by atoms with Crippen LogP contribution in [0.2, 0.25) is 0 Å².